The summed E-state index contributed by atoms with van der Waals surface area (Å²) >= 11 is 0. The van der Waals surface area contributed by atoms with Crippen LogP contribution in [-0.4, -0.2) is 11.5 Å². The van der Waals surface area contributed by atoms with Crippen molar-refractivity contribution in [3.05, 3.63) is 47.7 Å². The zero-order valence-electron chi connectivity index (χ0n) is 10.2. The van der Waals surface area contributed by atoms with Gasteiger partial charge < -0.3 is 10.3 Å². The average molecular weight is 226 g/mol. The number of hydrogen-bond donors (Lipinski definition) is 2. The van der Waals surface area contributed by atoms with E-state index in [-0.39, 0.29) is 0 Å². The molecule has 0 bridgehead atoms. The highest BCUT2D eigenvalue weighted by molar-refractivity contribution is 5.62. The number of aromatic nitrogens is 1. The summed E-state index contributed by atoms with van der Waals surface area (Å²) in [7, 11) is 0. The number of rotatable bonds is 3. The number of hydrogen-bond acceptors (Lipinski definition) is 1. The van der Waals surface area contributed by atoms with Crippen molar-refractivity contribution in [1.82, 2.24) is 10.3 Å². The van der Waals surface area contributed by atoms with Gasteiger partial charge in [0.1, 0.15) is 0 Å². The minimum absolute atomic E-state index is 0.563. The molecule has 2 N–H and O–H groups in total. The molecule has 1 heterocycles. The van der Waals surface area contributed by atoms with Crippen LogP contribution in [0.15, 0.2) is 36.5 Å². The van der Waals surface area contributed by atoms with Gasteiger partial charge in [0, 0.05) is 17.9 Å². The van der Waals surface area contributed by atoms with Crippen molar-refractivity contribution in [1.29, 1.82) is 0 Å². The van der Waals surface area contributed by atoms with E-state index in [0.29, 0.717) is 6.04 Å². The molecule has 2 nitrogen and oxygen atoms in total. The van der Waals surface area contributed by atoms with Gasteiger partial charge in [-0.05, 0) is 54.3 Å². The van der Waals surface area contributed by atoms with E-state index >= 15 is 0 Å². The molecule has 3 rings (SSSR count). The maximum atomic E-state index is 3.55. The van der Waals surface area contributed by atoms with E-state index in [1.807, 2.05) is 12.3 Å². The van der Waals surface area contributed by atoms with Gasteiger partial charge in [0.05, 0.1) is 0 Å². The molecular formula is C15H18N2. The summed E-state index contributed by atoms with van der Waals surface area (Å²) in [6.45, 7) is 3.22. The lowest BCUT2D eigenvalue weighted by atomic mass is 10.0. The van der Waals surface area contributed by atoms with Crippen LogP contribution < -0.4 is 5.32 Å². The zero-order valence-corrected chi connectivity index (χ0v) is 10.2. The van der Waals surface area contributed by atoms with Crippen LogP contribution in [0.2, 0.25) is 0 Å². The topological polar surface area (TPSA) is 27.8 Å². The molecule has 1 aromatic heterocycles. The normalized spacial score (nSPS) is 18.3. The van der Waals surface area contributed by atoms with E-state index in [9.17, 15) is 0 Å². The fourth-order valence-electron chi connectivity index (χ4n) is 2.75. The standard InChI is InChI=1S/C15H18N2/c1-2-16-15-8-6-11-10-12(5-7-13(11)15)14-4-3-9-17-14/h3-5,7,9-10,15-17H,2,6,8H2,1H3. The summed E-state index contributed by atoms with van der Waals surface area (Å²) in [5.74, 6) is 0. The number of benzene rings is 1. The molecule has 0 spiro atoms. The molecule has 17 heavy (non-hydrogen) atoms. The SMILES string of the molecule is CCNC1CCc2cc(-c3ccc[nH]3)ccc21. The van der Waals surface area contributed by atoms with Crippen LogP contribution in [0.4, 0.5) is 0 Å². The molecule has 1 aliphatic rings. The Morgan fingerprint density at radius 2 is 2.29 bits per heavy atom. The van der Waals surface area contributed by atoms with Gasteiger partial charge in [-0.15, -0.1) is 0 Å². The van der Waals surface area contributed by atoms with Gasteiger partial charge in [0.25, 0.3) is 0 Å². The average Bonchev–Trinajstić information content (AvgIpc) is 2.98. The second-order valence-corrected chi connectivity index (χ2v) is 4.65. The van der Waals surface area contributed by atoms with Crippen LogP contribution in [0.25, 0.3) is 11.3 Å². The second-order valence-electron chi connectivity index (χ2n) is 4.65. The Balaban J connectivity index is 1.94. The van der Waals surface area contributed by atoms with Crippen molar-refractivity contribution in [3.63, 3.8) is 0 Å². The minimum atomic E-state index is 0.563. The predicted octanol–water partition coefficient (Wildman–Crippen LogP) is 3.28. The van der Waals surface area contributed by atoms with Crippen LogP contribution in [0.5, 0.6) is 0 Å². The fourth-order valence-corrected chi connectivity index (χ4v) is 2.75. The summed E-state index contributed by atoms with van der Waals surface area (Å²) in [4.78, 5) is 3.27. The molecule has 88 valence electrons. The summed E-state index contributed by atoms with van der Waals surface area (Å²) in [6, 6.07) is 11.6. The highest BCUT2D eigenvalue weighted by Crippen LogP contribution is 2.33. The first-order chi connectivity index (χ1) is 8.38. The first kappa shape index (κ1) is 10.6. The number of H-pyrrole nitrogens is 1. The Labute approximate surface area is 102 Å². The van der Waals surface area contributed by atoms with E-state index in [2.05, 4.69) is 41.5 Å². The maximum absolute atomic E-state index is 3.55. The molecular weight excluding hydrogens is 208 g/mol. The molecule has 1 atom stereocenters. The molecule has 0 saturated heterocycles. The van der Waals surface area contributed by atoms with Crippen molar-refractivity contribution in [2.45, 2.75) is 25.8 Å². The number of nitrogens with one attached hydrogen (secondary N) is 2. The van der Waals surface area contributed by atoms with Crippen LogP contribution in [-0.2, 0) is 6.42 Å². The molecule has 0 saturated carbocycles. The molecule has 0 amide bonds. The van der Waals surface area contributed by atoms with Crippen molar-refractivity contribution < 1.29 is 0 Å². The Morgan fingerprint density at radius 1 is 1.35 bits per heavy atom. The lowest BCUT2D eigenvalue weighted by Crippen LogP contribution is -2.18. The summed E-state index contributed by atoms with van der Waals surface area (Å²) in [5, 5.41) is 3.55. The van der Waals surface area contributed by atoms with Gasteiger partial charge in [-0.25, -0.2) is 0 Å². The maximum Gasteiger partial charge on any atom is 0.0453 e. The second kappa shape index (κ2) is 4.38. The monoisotopic (exact) mass is 226 g/mol. The summed E-state index contributed by atoms with van der Waals surface area (Å²) in [5.41, 5.74) is 5.50. The van der Waals surface area contributed by atoms with Crippen molar-refractivity contribution in [2.24, 2.45) is 0 Å². The minimum Gasteiger partial charge on any atom is -0.361 e. The summed E-state index contributed by atoms with van der Waals surface area (Å²) in [6.07, 6.45) is 4.41. The Bertz CT molecular complexity index is 500. The third-order valence-corrected chi connectivity index (χ3v) is 3.58. The fraction of sp³-hybridized carbons (Fsp3) is 0.333. The molecule has 1 aromatic carbocycles. The number of fused-ring (bicyclic) bond motifs is 1. The highest BCUT2D eigenvalue weighted by Gasteiger charge is 2.21. The highest BCUT2D eigenvalue weighted by atomic mass is 14.9. The Morgan fingerprint density at radius 3 is 3.06 bits per heavy atom. The first-order valence-electron chi connectivity index (χ1n) is 6.38. The molecule has 1 aliphatic carbocycles. The van der Waals surface area contributed by atoms with Gasteiger partial charge in [0.15, 0.2) is 0 Å². The molecule has 1 unspecified atom stereocenters. The molecule has 0 fully saturated rings. The van der Waals surface area contributed by atoms with E-state index in [0.717, 1.165) is 6.54 Å². The van der Waals surface area contributed by atoms with Crippen LogP contribution >= 0.6 is 0 Å². The quantitative estimate of drug-likeness (QED) is 0.826. The van der Waals surface area contributed by atoms with Crippen molar-refractivity contribution in [3.8, 4) is 11.3 Å². The zero-order chi connectivity index (χ0) is 11.7. The van der Waals surface area contributed by atoms with E-state index in [4.69, 9.17) is 0 Å². The number of aromatic amines is 1. The number of aryl methyl sites for hydroxylation is 1. The molecule has 2 heteroatoms. The predicted molar refractivity (Wildman–Crippen MR) is 71.0 cm³/mol. The van der Waals surface area contributed by atoms with Gasteiger partial charge in [-0.1, -0.05) is 19.1 Å². The van der Waals surface area contributed by atoms with Gasteiger partial charge in [-0.2, -0.15) is 0 Å². The van der Waals surface area contributed by atoms with Gasteiger partial charge >= 0.3 is 0 Å². The van der Waals surface area contributed by atoms with Crippen molar-refractivity contribution >= 4 is 0 Å². The smallest absolute Gasteiger partial charge is 0.0453 e. The van der Waals surface area contributed by atoms with E-state index in [1.54, 1.807) is 0 Å². The third-order valence-electron chi connectivity index (χ3n) is 3.58. The largest absolute Gasteiger partial charge is 0.361 e. The molecule has 2 aromatic rings. The Kier molecular flexibility index (Phi) is 2.73. The van der Waals surface area contributed by atoms with E-state index in [1.165, 1.54) is 35.2 Å². The molecule has 0 aliphatic heterocycles. The third kappa shape index (κ3) is 1.89. The van der Waals surface area contributed by atoms with Crippen LogP contribution in [0.1, 0.15) is 30.5 Å². The lowest BCUT2D eigenvalue weighted by Gasteiger charge is -2.12. The van der Waals surface area contributed by atoms with Crippen LogP contribution in [0.3, 0.4) is 0 Å². The lowest BCUT2D eigenvalue weighted by molar-refractivity contribution is 0.549. The van der Waals surface area contributed by atoms with Gasteiger partial charge in [0.2, 0.25) is 0 Å². The van der Waals surface area contributed by atoms with Crippen LogP contribution in [0, 0.1) is 0 Å². The first-order valence-corrected chi connectivity index (χ1v) is 6.38. The Hall–Kier alpha value is -1.54. The summed E-state index contributed by atoms with van der Waals surface area (Å²) < 4.78 is 0. The molecule has 0 radical (unpaired) electrons. The van der Waals surface area contributed by atoms with Gasteiger partial charge in [-0.3, -0.25) is 0 Å². The van der Waals surface area contributed by atoms with E-state index < -0.39 is 0 Å². The van der Waals surface area contributed by atoms with Crippen molar-refractivity contribution in [2.75, 3.05) is 6.54 Å².